The van der Waals surface area contributed by atoms with Crippen molar-refractivity contribution >= 4 is 23.9 Å². The van der Waals surface area contributed by atoms with E-state index in [1.807, 2.05) is 5.32 Å². The predicted molar refractivity (Wildman–Crippen MR) is 55.0 cm³/mol. The first-order valence-electron chi connectivity index (χ1n) is 4.40. The van der Waals surface area contributed by atoms with Crippen molar-refractivity contribution in [1.82, 2.24) is 10.2 Å². The van der Waals surface area contributed by atoms with Crippen molar-refractivity contribution in [3.63, 3.8) is 0 Å². The molecular weight excluding hydrogens is 232 g/mol. The highest BCUT2D eigenvalue weighted by Gasteiger charge is 2.14. The molecule has 3 amide bonds. The van der Waals surface area contributed by atoms with Gasteiger partial charge in [0.05, 0.1) is 7.11 Å². The summed E-state index contributed by atoms with van der Waals surface area (Å²) in [6.07, 6.45) is 1.27. The summed E-state index contributed by atoms with van der Waals surface area (Å²) in [5.41, 5.74) is 0. The molecule has 0 spiro atoms. The number of likely N-dealkylation sites (N-methyl/N-ethyl adjacent to an activating group) is 1. The molecule has 8 heteroatoms. The van der Waals surface area contributed by atoms with E-state index in [9.17, 15) is 19.2 Å². The smallest absolute Gasteiger partial charge is 0.328 e. The van der Waals surface area contributed by atoms with Gasteiger partial charge >= 0.3 is 18.0 Å². The highest BCUT2D eigenvalue weighted by Crippen LogP contribution is 1.87. The molecule has 0 rings (SSSR count). The highest BCUT2D eigenvalue weighted by atomic mass is 16.5. The van der Waals surface area contributed by atoms with E-state index in [-0.39, 0.29) is 6.54 Å². The molecule has 0 atom stereocenters. The van der Waals surface area contributed by atoms with Crippen LogP contribution in [0.4, 0.5) is 4.79 Å². The van der Waals surface area contributed by atoms with E-state index in [1.165, 1.54) is 7.05 Å². The van der Waals surface area contributed by atoms with Crippen LogP contribution in [0.25, 0.3) is 0 Å². The molecule has 0 saturated carbocycles. The number of carbonyl (C=O) groups is 4. The van der Waals surface area contributed by atoms with Gasteiger partial charge in [0.15, 0.2) is 0 Å². The second kappa shape index (κ2) is 6.99. The zero-order valence-electron chi connectivity index (χ0n) is 9.30. The number of methoxy groups -OCH3 is 1. The van der Waals surface area contributed by atoms with Crippen LogP contribution in [0.1, 0.15) is 0 Å². The van der Waals surface area contributed by atoms with Crippen LogP contribution in [0, 0.1) is 0 Å². The molecule has 0 radical (unpaired) electrons. The van der Waals surface area contributed by atoms with Gasteiger partial charge in [-0.3, -0.25) is 14.9 Å². The number of hydrogen-bond donors (Lipinski definition) is 2. The zero-order chi connectivity index (χ0) is 13.4. The van der Waals surface area contributed by atoms with Gasteiger partial charge in [0.2, 0.25) is 0 Å². The first kappa shape index (κ1) is 14.6. The van der Waals surface area contributed by atoms with Crippen molar-refractivity contribution in [1.29, 1.82) is 0 Å². The average Bonchev–Trinajstić information content (AvgIpc) is 2.25. The van der Waals surface area contributed by atoms with E-state index in [2.05, 4.69) is 4.74 Å². The van der Waals surface area contributed by atoms with Crippen LogP contribution in [0.5, 0.6) is 0 Å². The second-order valence-corrected chi connectivity index (χ2v) is 2.90. The number of carboxylic acids is 1. The number of nitrogens with zero attached hydrogens (tertiary/aromatic N) is 1. The molecule has 0 unspecified atom stereocenters. The van der Waals surface area contributed by atoms with Crippen molar-refractivity contribution in [2.75, 3.05) is 20.7 Å². The van der Waals surface area contributed by atoms with E-state index in [1.54, 1.807) is 0 Å². The van der Waals surface area contributed by atoms with Crippen molar-refractivity contribution in [2.24, 2.45) is 0 Å². The summed E-state index contributed by atoms with van der Waals surface area (Å²) in [5, 5.41) is 10.1. The van der Waals surface area contributed by atoms with Crippen molar-refractivity contribution in [2.45, 2.75) is 0 Å². The first-order chi connectivity index (χ1) is 7.86. The molecule has 0 fully saturated rings. The van der Waals surface area contributed by atoms with Crippen LogP contribution in [-0.2, 0) is 19.1 Å². The lowest BCUT2D eigenvalue weighted by atomic mass is 10.4. The maximum atomic E-state index is 11.3. The van der Waals surface area contributed by atoms with Gasteiger partial charge in [-0.1, -0.05) is 0 Å². The molecule has 0 aliphatic heterocycles. The minimum absolute atomic E-state index is 0.321. The number of carboxylic acid groups (broad SMARTS) is 1. The number of rotatable bonds is 4. The molecular formula is C9H12N2O6. The van der Waals surface area contributed by atoms with Crippen LogP contribution >= 0.6 is 0 Å². The van der Waals surface area contributed by atoms with E-state index in [0.29, 0.717) is 12.2 Å². The Bertz CT molecular complexity index is 362. The summed E-state index contributed by atoms with van der Waals surface area (Å²) in [4.78, 5) is 44.1. The molecule has 0 saturated heterocycles. The Kier molecular flexibility index (Phi) is 6.01. The number of urea groups is 1. The Balaban J connectivity index is 4.21. The van der Waals surface area contributed by atoms with Crippen LogP contribution in [-0.4, -0.2) is 54.6 Å². The van der Waals surface area contributed by atoms with Crippen LogP contribution in [0.15, 0.2) is 12.2 Å². The van der Waals surface area contributed by atoms with Gasteiger partial charge in [0.1, 0.15) is 6.54 Å². The topological polar surface area (TPSA) is 113 Å². The molecule has 0 aromatic heterocycles. The van der Waals surface area contributed by atoms with Crippen molar-refractivity contribution in [3.8, 4) is 0 Å². The van der Waals surface area contributed by atoms with Gasteiger partial charge in [0, 0.05) is 19.2 Å². The second-order valence-electron chi connectivity index (χ2n) is 2.90. The molecule has 0 aliphatic rings. The quantitative estimate of drug-likeness (QED) is 0.483. The van der Waals surface area contributed by atoms with E-state index < -0.39 is 23.9 Å². The summed E-state index contributed by atoms with van der Waals surface area (Å²) < 4.78 is 4.32. The summed E-state index contributed by atoms with van der Waals surface area (Å²) in [5.74, 6) is -2.85. The number of aliphatic carboxylic acids is 1. The lowest BCUT2D eigenvalue weighted by Gasteiger charge is -2.14. The Morgan fingerprint density at radius 1 is 1.29 bits per heavy atom. The van der Waals surface area contributed by atoms with Crippen molar-refractivity contribution < 1.29 is 29.0 Å². The van der Waals surface area contributed by atoms with Crippen molar-refractivity contribution in [3.05, 3.63) is 12.2 Å². The fourth-order valence-electron chi connectivity index (χ4n) is 0.719. The fraction of sp³-hybridized carbons (Fsp3) is 0.333. The maximum absolute atomic E-state index is 11.3. The molecule has 0 heterocycles. The molecule has 0 aromatic carbocycles. The lowest BCUT2D eigenvalue weighted by Crippen LogP contribution is -2.42. The van der Waals surface area contributed by atoms with Gasteiger partial charge in [-0.2, -0.15) is 0 Å². The normalized spacial score (nSPS) is 9.76. The van der Waals surface area contributed by atoms with Gasteiger partial charge in [-0.25, -0.2) is 9.59 Å². The van der Waals surface area contributed by atoms with Gasteiger partial charge in [-0.05, 0) is 0 Å². The summed E-state index contributed by atoms with van der Waals surface area (Å²) in [6.45, 7) is -0.321. The standard InChI is InChI=1S/C9H12N2O6/c1-11(5-8(15)17-2)9(16)10-6(12)3-4-7(13)14/h3-4H,5H2,1-2H3,(H,13,14)(H,10,12,16)/b4-3+. The minimum Gasteiger partial charge on any atom is -0.478 e. The molecule has 2 N–H and O–H groups in total. The molecule has 0 aliphatic carbocycles. The van der Waals surface area contributed by atoms with Gasteiger partial charge < -0.3 is 14.7 Å². The summed E-state index contributed by atoms with van der Waals surface area (Å²) >= 11 is 0. The Morgan fingerprint density at radius 2 is 1.88 bits per heavy atom. The monoisotopic (exact) mass is 244 g/mol. The molecule has 8 nitrogen and oxygen atoms in total. The number of amides is 3. The third-order valence-corrected chi connectivity index (χ3v) is 1.55. The number of esters is 1. The van der Waals surface area contributed by atoms with Gasteiger partial charge in [-0.15, -0.1) is 0 Å². The Morgan fingerprint density at radius 3 is 2.35 bits per heavy atom. The third-order valence-electron chi connectivity index (χ3n) is 1.55. The van der Waals surface area contributed by atoms with E-state index >= 15 is 0 Å². The SMILES string of the molecule is COC(=O)CN(C)C(=O)NC(=O)/C=C/C(=O)O. The molecule has 94 valence electrons. The number of nitrogens with one attached hydrogen (secondary N) is 1. The Labute approximate surface area is 96.8 Å². The average molecular weight is 244 g/mol. The fourth-order valence-corrected chi connectivity index (χ4v) is 0.719. The van der Waals surface area contributed by atoms with E-state index in [0.717, 1.165) is 12.0 Å². The Hall–Kier alpha value is -2.38. The minimum atomic E-state index is -1.31. The van der Waals surface area contributed by atoms with Crippen LogP contribution < -0.4 is 5.32 Å². The number of ether oxygens (including phenoxy) is 1. The van der Waals surface area contributed by atoms with Gasteiger partial charge in [0.25, 0.3) is 5.91 Å². The highest BCUT2D eigenvalue weighted by molar-refractivity contribution is 6.02. The largest absolute Gasteiger partial charge is 0.478 e. The number of carbonyl (C=O) groups excluding carboxylic acids is 3. The predicted octanol–water partition coefficient (Wildman–Crippen LogP) is -1.03. The zero-order valence-corrected chi connectivity index (χ0v) is 9.30. The third kappa shape index (κ3) is 6.66. The summed E-state index contributed by atoms with van der Waals surface area (Å²) in [7, 11) is 2.44. The lowest BCUT2D eigenvalue weighted by molar-refractivity contribution is -0.141. The maximum Gasteiger partial charge on any atom is 0.328 e. The molecule has 17 heavy (non-hydrogen) atoms. The molecule has 0 aromatic rings. The first-order valence-corrected chi connectivity index (χ1v) is 4.40. The number of imide groups is 1. The molecule has 0 bridgehead atoms. The van der Waals surface area contributed by atoms with Crippen LogP contribution in [0.3, 0.4) is 0 Å². The summed E-state index contributed by atoms with van der Waals surface area (Å²) in [6, 6.07) is -0.838. The van der Waals surface area contributed by atoms with E-state index in [4.69, 9.17) is 5.11 Å². The number of hydrogen-bond acceptors (Lipinski definition) is 5. The van der Waals surface area contributed by atoms with Crippen LogP contribution in [0.2, 0.25) is 0 Å².